The molecule has 1 rings (SSSR count). The second-order valence-corrected chi connectivity index (χ2v) is 6.20. The van der Waals surface area contributed by atoms with E-state index in [1.165, 1.54) is 0 Å². The molecule has 1 aromatic rings. The van der Waals surface area contributed by atoms with Crippen molar-refractivity contribution >= 4 is 10.0 Å². The number of pyridine rings is 1. The van der Waals surface area contributed by atoms with Crippen molar-refractivity contribution in [3.63, 3.8) is 0 Å². The topological polar surface area (TPSA) is 59.1 Å². The molecule has 0 aliphatic rings. The Morgan fingerprint density at radius 1 is 1.35 bits per heavy atom. The van der Waals surface area contributed by atoms with Crippen molar-refractivity contribution in [2.75, 3.05) is 5.75 Å². The maximum Gasteiger partial charge on any atom is 0.212 e. The highest BCUT2D eigenvalue weighted by molar-refractivity contribution is 7.89. The molecule has 0 radical (unpaired) electrons. The van der Waals surface area contributed by atoms with Crippen LogP contribution in [0, 0.1) is 5.92 Å². The minimum Gasteiger partial charge on any atom is -0.265 e. The van der Waals surface area contributed by atoms with Crippen LogP contribution in [0.4, 0.5) is 0 Å². The Morgan fingerprint density at radius 3 is 2.59 bits per heavy atom. The minimum absolute atomic E-state index is 0.200. The minimum atomic E-state index is -3.17. The molecule has 1 heterocycles. The lowest BCUT2D eigenvalue weighted by molar-refractivity contribution is 0.536. The van der Waals surface area contributed by atoms with Crippen LogP contribution in [0.3, 0.4) is 0 Å². The summed E-state index contributed by atoms with van der Waals surface area (Å²) in [5.41, 5.74) is 0.923. The van der Waals surface area contributed by atoms with Gasteiger partial charge in [-0.25, -0.2) is 13.1 Å². The third-order valence-electron chi connectivity index (χ3n) is 2.53. The molecule has 4 nitrogen and oxygen atoms in total. The van der Waals surface area contributed by atoms with Gasteiger partial charge in [-0.1, -0.05) is 20.3 Å². The molecule has 0 amide bonds. The fraction of sp³-hybridized carbons (Fsp3) is 0.583. The predicted octanol–water partition coefficient (Wildman–Crippen LogP) is 1.94. The zero-order valence-corrected chi connectivity index (χ0v) is 11.2. The van der Waals surface area contributed by atoms with E-state index in [0.717, 1.165) is 18.4 Å². The van der Waals surface area contributed by atoms with E-state index in [1.807, 2.05) is 6.92 Å². The lowest BCUT2D eigenvalue weighted by atomic mass is 10.1. The van der Waals surface area contributed by atoms with Crippen LogP contribution in [0.2, 0.25) is 0 Å². The van der Waals surface area contributed by atoms with E-state index in [-0.39, 0.29) is 11.7 Å². The average molecular weight is 256 g/mol. The van der Waals surface area contributed by atoms with Gasteiger partial charge in [0, 0.05) is 18.9 Å². The Bertz CT molecular complexity index is 417. The molecule has 17 heavy (non-hydrogen) atoms. The van der Waals surface area contributed by atoms with Crippen LogP contribution in [0.15, 0.2) is 24.5 Å². The molecule has 1 atom stereocenters. The van der Waals surface area contributed by atoms with Gasteiger partial charge in [0.15, 0.2) is 0 Å². The Kier molecular flexibility index (Phi) is 5.58. The van der Waals surface area contributed by atoms with E-state index in [2.05, 4.69) is 16.6 Å². The van der Waals surface area contributed by atoms with Crippen LogP contribution in [-0.4, -0.2) is 19.2 Å². The fourth-order valence-electron chi connectivity index (χ4n) is 1.70. The number of aromatic nitrogens is 1. The zero-order chi connectivity index (χ0) is 12.7. The van der Waals surface area contributed by atoms with Crippen LogP contribution in [0.25, 0.3) is 0 Å². The van der Waals surface area contributed by atoms with Gasteiger partial charge in [0.25, 0.3) is 0 Å². The number of nitrogens with one attached hydrogen (secondary N) is 1. The molecule has 5 heteroatoms. The maximum absolute atomic E-state index is 11.8. The molecule has 0 saturated heterocycles. The van der Waals surface area contributed by atoms with Crippen LogP contribution in [0.5, 0.6) is 0 Å². The van der Waals surface area contributed by atoms with Crippen molar-refractivity contribution in [2.45, 2.75) is 33.2 Å². The lowest BCUT2D eigenvalue weighted by Gasteiger charge is -2.11. The first-order valence-corrected chi connectivity index (χ1v) is 7.55. The van der Waals surface area contributed by atoms with Crippen molar-refractivity contribution in [2.24, 2.45) is 5.92 Å². The van der Waals surface area contributed by atoms with Gasteiger partial charge in [0.1, 0.15) is 0 Å². The second kappa shape index (κ2) is 6.71. The average Bonchev–Trinajstić information content (AvgIpc) is 2.27. The SMILES string of the molecule is CCC[C@@H](C)CS(=O)(=O)NCc1ccncc1. The van der Waals surface area contributed by atoms with Crippen LogP contribution in [0.1, 0.15) is 32.3 Å². The van der Waals surface area contributed by atoms with Crippen molar-refractivity contribution in [1.82, 2.24) is 9.71 Å². The van der Waals surface area contributed by atoms with Crippen molar-refractivity contribution in [3.8, 4) is 0 Å². The van der Waals surface area contributed by atoms with E-state index in [0.29, 0.717) is 6.54 Å². The van der Waals surface area contributed by atoms with Gasteiger partial charge in [0.2, 0.25) is 10.0 Å². The van der Waals surface area contributed by atoms with E-state index in [4.69, 9.17) is 0 Å². The first kappa shape index (κ1) is 14.1. The normalized spacial score (nSPS) is 13.5. The maximum atomic E-state index is 11.8. The molecular formula is C12H20N2O2S. The van der Waals surface area contributed by atoms with Gasteiger partial charge in [-0.05, 0) is 30.0 Å². The molecule has 1 N–H and O–H groups in total. The lowest BCUT2D eigenvalue weighted by Crippen LogP contribution is -2.28. The summed E-state index contributed by atoms with van der Waals surface area (Å²) in [6.07, 6.45) is 5.27. The van der Waals surface area contributed by atoms with E-state index in [9.17, 15) is 8.42 Å². The number of nitrogens with zero attached hydrogens (tertiary/aromatic N) is 1. The molecule has 0 aliphatic carbocycles. The second-order valence-electron chi connectivity index (χ2n) is 4.35. The van der Waals surface area contributed by atoms with E-state index < -0.39 is 10.0 Å². The molecular weight excluding hydrogens is 236 g/mol. The Hall–Kier alpha value is -0.940. The Balaban J connectivity index is 2.45. The molecule has 1 aromatic heterocycles. The summed E-state index contributed by atoms with van der Waals surface area (Å²) < 4.78 is 26.1. The third-order valence-corrected chi connectivity index (χ3v) is 4.12. The molecule has 0 unspecified atom stereocenters. The van der Waals surface area contributed by atoms with Crippen LogP contribution in [-0.2, 0) is 16.6 Å². The predicted molar refractivity (Wildman–Crippen MR) is 68.9 cm³/mol. The molecule has 0 bridgehead atoms. The Morgan fingerprint density at radius 2 is 2.00 bits per heavy atom. The number of hydrogen-bond acceptors (Lipinski definition) is 3. The van der Waals surface area contributed by atoms with Gasteiger partial charge in [-0.2, -0.15) is 0 Å². The van der Waals surface area contributed by atoms with E-state index >= 15 is 0 Å². The van der Waals surface area contributed by atoms with Gasteiger partial charge in [-0.15, -0.1) is 0 Å². The smallest absolute Gasteiger partial charge is 0.212 e. The molecule has 0 aromatic carbocycles. The first-order chi connectivity index (χ1) is 8.03. The highest BCUT2D eigenvalue weighted by Crippen LogP contribution is 2.08. The van der Waals surface area contributed by atoms with E-state index in [1.54, 1.807) is 24.5 Å². The van der Waals surface area contributed by atoms with Crippen molar-refractivity contribution < 1.29 is 8.42 Å². The molecule has 0 fully saturated rings. The van der Waals surface area contributed by atoms with Crippen molar-refractivity contribution in [3.05, 3.63) is 30.1 Å². The van der Waals surface area contributed by atoms with Gasteiger partial charge in [-0.3, -0.25) is 4.98 Å². The molecule has 0 aliphatic heterocycles. The summed E-state index contributed by atoms with van der Waals surface area (Å²) in [7, 11) is -3.17. The number of rotatable bonds is 7. The Labute approximate surface area is 104 Å². The third kappa shape index (κ3) is 5.79. The number of hydrogen-bond donors (Lipinski definition) is 1. The van der Waals surface area contributed by atoms with Crippen LogP contribution < -0.4 is 4.72 Å². The summed E-state index contributed by atoms with van der Waals surface area (Å²) in [6.45, 7) is 4.37. The van der Waals surface area contributed by atoms with Gasteiger partial charge >= 0.3 is 0 Å². The standard InChI is InChI=1S/C12H20N2O2S/c1-3-4-11(2)10-17(15,16)14-9-12-5-7-13-8-6-12/h5-8,11,14H,3-4,9-10H2,1-2H3/t11-/m1/s1. The largest absolute Gasteiger partial charge is 0.265 e. The molecule has 0 saturated carbocycles. The zero-order valence-electron chi connectivity index (χ0n) is 10.4. The summed E-state index contributed by atoms with van der Waals surface area (Å²) in [6, 6.07) is 3.61. The molecule has 0 spiro atoms. The number of sulfonamides is 1. The van der Waals surface area contributed by atoms with Gasteiger partial charge < -0.3 is 0 Å². The molecule has 96 valence electrons. The summed E-state index contributed by atoms with van der Waals surface area (Å²) >= 11 is 0. The summed E-state index contributed by atoms with van der Waals surface area (Å²) in [5.74, 6) is 0.404. The summed E-state index contributed by atoms with van der Waals surface area (Å²) in [4.78, 5) is 3.89. The monoisotopic (exact) mass is 256 g/mol. The van der Waals surface area contributed by atoms with Crippen LogP contribution >= 0.6 is 0 Å². The van der Waals surface area contributed by atoms with Gasteiger partial charge in [0.05, 0.1) is 5.75 Å². The van der Waals surface area contributed by atoms with Crippen molar-refractivity contribution in [1.29, 1.82) is 0 Å². The highest BCUT2D eigenvalue weighted by atomic mass is 32.2. The fourth-order valence-corrected chi connectivity index (χ4v) is 3.12. The summed E-state index contributed by atoms with van der Waals surface area (Å²) in [5, 5.41) is 0. The highest BCUT2D eigenvalue weighted by Gasteiger charge is 2.14. The quantitative estimate of drug-likeness (QED) is 0.811. The first-order valence-electron chi connectivity index (χ1n) is 5.89.